The first-order chi connectivity index (χ1) is 38.5. The lowest BCUT2D eigenvalue weighted by Crippen LogP contribution is -1.83. The van der Waals surface area contributed by atoms with Gasteiger partial charge in [0.2, 0.25) is 0 Å². The fourth-order valence-electron chi connectivity index (χ4n) is 7.36. The third-order valence-electron chi connectivity index (χ3n) is 11.2. The van der Waals surface area contributed by atoms with Crippen molar-refractivity contribution in [2.24, 2.45) is 0 Å². The highest BCUT2D eigenvalue weighted by atomic mass is 32.1. The molecule has 5 N–H and O–H groups in total. The number of unbranched alkanes of at least 4 members (excludes halogenated alkanes) is 8. The van der Waals surface area contributed by atoms with Crippen LogP contribution >= 0.6 is 56.7 Å². The molecule has 0 fully saturated rings. The summed E-state index contributed by atoms with van der Waals surface area (Å²) >= 11 is 9.07. The highest BCUT2D eigenvalue weighted by Crippen LogP contribution is 2.28. The quantitative estimate of drug-likeness (QED) is 0.0513. The molecule has 6 nitrogen and oxygen atoms in total. The van der Waals surface area contributed by atoms with E-state index >= 15 is 0 Å². The van der Waals surface area contributed by atoms with Crippen molar-refractivity contribution < 1.29 is 0 Å². The smallest absolute Gasteiger partial charge is 0.0931 e. The van der Waals surface area contributed by atoms with E-state index in [9.17, 15) is 0 Å². The Kier molecular flexibility index (Phi) is 43.4. The van der Waals surface area contributed by atoms with Gasteiger partial charge in [-0.1, -0.05) is 141 Å². The van der Waals surface area contributed by atoms with Crippen LogP contribution in [0.2, 0.25) is 0 Å². The van der Waals surface area contributed by atoms with Crippen molar-refractivity contribution in [3.8, 4) is 55.6 Å². The molecule has 11 heteroatoms. The number of thiophene rings is 4. The van der Waals surface area contributed by atoms with Crippen LogP contribution in [0.1, 0.15) is 180 Å². The Labute approximate surface area is 494 Å². The van der Waals surface area contributed by atoms with Crippen LogP contribution in [0.5, 0.6) is 0 Å². The maximum Gasteiger partial charge on any atom is 0.0931 e. The predicted octanol–water partition coefficient (Wildman–Crippen LogP) is 24.5. The zero-order valence-electron chi connectivity index (χ0n) is 50.3. The van der Waals surface area contributed by atoms with Crippen LogP contribution in [0.4, 0.5) is 0 Å². The minimum Gasteiger partial charge on any atom is -0.361 e. The average Bonchev–Trinajstić information content (AvgIpc) is 4.33. The highest BCUT2D eigenvalue weighted by Gasteiger charge is 2.06. The standard InChI is InChI=1S/C14H19NS.C13H18N2S.C13H17NS.C9H9NS.C8H7NS.5C2H6/c1-2-3-4-5-7-13-10-12(11-16-13)14-8-6-9-15-14;1-2-3-4-5-8-13-15-10-12(16-13)11-7-6-9-14-11;1-2-3-4-6-12-9-11(10-15-12)13-7-5-8-14-13;1-7-5-8(6-11-7)9-3-2-4-10-9;1-2-8(9-4-1)7-3-5-10-6-7;5*1-2/h6,8-11,15H,2-5,7H2,1H3;6-7,9-10,14H,2-5,8H2,1H3;5,7-10,14H,2-4,6H2,1H3;2-6,10H,1H3;1-6,9H;5*1-2H3. The molecule has 0 aliphatic heterocycles. The van der Waals surface area contributed by atoms with E-state index in [0.717, 1.165) is 6.42 Å². The summed E-state index contributed by atoms with van der Waals surface area (Å²) in [6.45, 7) is 28.9. The fourth-order valence-corrected chi connectivity index (χ4v) is 11.5. The minimum atomic E-state index is 1.13. The molecule has 0 saturated carbocycles. The highest BCUT2D eigenvalue weighted by molar-refractivity contribution is 7.15. The lowest BCUT2D eigenvalue weighted by Gasteiger charge is -1.96. The molecule has 78 heavy (non-hydrogen) atoms. The first-order valence-electron chi connectivity index (χ1n) is 29.4. The molecular formula is C67H100N6S5. The van der Waals surface area contributed by atoms with E-state index in [1.807, 2.05) is 159 Å². The maximum absolute atomic E-state index is 4.47. The minimum absolute atomic E-state index is 1.13. The Balaban J connectivity index is 0.000000472. The van der Waals surface area contributed by atoms with Crippen molar-refractivity contribution in [3.05, 3.63) is 169 Å². The number of aromatic nitrogens is 6. The van der Waals surface area contributed by atoms with Gasteiger partial charge in [0, 0.05) is 118 Å². The van der Waals surface area contributed by atoms with Crippen LogP contribution in [0.15, 0.2) is 149 Å². The molecule has 10 aromatic heterocycles. The number of hydrogen-bond acceptors (Lipinski definition) is 6. The van der Waals surface area contributed by atoms with Crippen molar-refractivity contribution in [2.45, 2.75) is 187 Å². The van der Waals surface area contributed by atoms with Gasteiger partial charge in [0.25, 0.3) is 0 Å². The second-order valence-electron chi connectivity index (χ2n) is 16.7. The lowest BCUT2D eigenvalue weighted by atomic mass is 10.1. The number of nitrogens with zero attached hydrogens (tertiary/aromatic N) is 1. The molecule has 428 valence electrons. The van der Waals surface area contributed by atoms with Gasteiger partial charge in [-0.25, -0.2) is 4.98 Å². The first kappa shape index (κ1) is 70.8. The summed E-state index contributed by atoms with van der Waals surface area (Å²) in [5, 5.41) is 12.1. The molecule has 0 saturated heterocycles. The Bertz CT molecular complexity index is 2560. The van der Waals surface area contributed by atoms with Crippen LogP contribution in [0.3, 0.4) is 0 Å². The summed E-state index contributed by atoms with van der Waals surface area (Å²) in [6, 6.07) is 29.6. The summed E-state index contributed by atoms with van der Waals surface area (Å²) < 4.78 is 0. The topological polar surface area (TPSA) is 91.8 Å². The van der Waals surface area contributed by atoms with Crippen molar-refractivity contribution in [1.29, 1.82) is 0 Å². The Morgan fingerprint density at radius 2 is 0.782 bits per heavy atom. The van der Waals surface area contributed by atoms with Gasteiger partial charge < -0.3 is 24.9 Å². The number of nitrogens with one attached hydrogen (secondary N) is 5. The molecule has 10 heterocycles. The average molecular weight is 1150 g/mol. The largest absolute Gasteiger partial charge is 0.361 e. The van der Waals surface area contributed by atoms with Gasteiger partial charge >= 0.3 is 0 Å². The molecule has 10 rings (SSSR count). The third kappa shape index (κ3) is 28.6. The molecule has 0 aliphatic carbocycles. The zero-order chi connectivity index (χ0) is 57.4. The van der Waals surface area contributed by atoms with Crippen molar-refractivity contribution >= 4 is 56.7 Å². The molecule has 0 spiro atoms. The number of rotatable bonds is 19. The number of thiazole rings is 1. The predicted molar refractivity (Wildman–Crippen MR) is 359 cm³/mol. The molecular weight excluding hydrogens is 1050 g/mol. The summed E-state index contributed by atoms with van der Waals surface area (Å²) in [4.78, 5) is 26.1. The van der Waals surface area contributed by atoms with Gasteiger partial charge in [0.15, 0.2) is 0 Å². The van der Waals surface area contributed by atoms with E-state index in [4.69, 9.17) is 0 Å². The zero-order valence-corrected chi connectivity index (χ0v) is 54.4. The van der Waals surface area contributed by atoms with Crippen LogP contribution in [-0.4, -0.2) is 29.9 Å². The van der Waals surface area contributed by atoms with E-state index in [1.54, 1.807) is 34.0 Å². The van der Waals surface area contributed by atoms with Gasteiger partial charge in [-0.15, -0.1) is 45.3 Å². The Morgan fingerprint density at radius 1 is 0.397 bits per heavy atom. The van der Waals surface area contributed by atoms with Crippen LogP contribution in [-0.2, 0) is 19.3 Å². The maximum atomic E-state index is 4.47. The van der Waals surface area contributed by atoms with Gasteiger partial charge in [-0.2, -0.15) is 11.3 Å². The second kappa shape index (κ2) is 47.8. The Morgan fingerprint density at radius 3 is 1.17 bits per heavy atom. The van der Waals surface area contributed by atoms with Crippen LogP contribution in [0, 0.1) is 6.92 Å². The van der Waals surface area contributed by atoms with Gasteiger partial charge in [0.05, 0.1) is 15.6 Å². The van der Waals surface area contributed by atoms with Crippen molar-refractivity contribution in [1.82, 2.24) is 29.9 Å². The molecule has 0 radical (unpaired) electrons. The van der Waals surface area contributed by atoms with E-state index in [1.165, 1.54) is 159 Å². The van der Waals surface area contributed by atoms with E-state index < -0.39 is 0 Å². The molecule has 0 aromatic carbocycles. The van der Waals surface area contributed by atoms with E-state index in [-0.39, 0.29) is 0 Å². The summed E-state index contributed by atoms with van der Waals surface area (Å²) in [7, 11) is 0. The Hall–Kier alpha value is -5.17. The van der Waals surface area contributed by atoms with Crippen molar-refractivity contribution in [3.63, 3.8) is 0 Å². The summed E-state index contributed by atoms with van der Waals surface area (Å²) in [5.74, 6) is 0. The molecule has 0 unspecified atom stereocenters. The molecule has 0 atom stereocenters. The summed E-state index contributed by atoms with van der Waals surface area (Å²) in [6.07, 6.45) is 30.0. The molecule has 10 aromatic rings. The number of hydrogen-bond donors (Lipinski definition) is 5. The van der Waals surface area contributed by atoms with E-state index in [0.29, 0.717) is 0 Å². The number of aryl methyl sites for hydroxylation is 4. The second-order valence-corrected chi connectivity index (χ2v) is 21.7. The number of H-pyrrole nitrogens is 5. The van der Waals surface area contributed by atoms with E-state index in [2.05, 4.69) is 139 Å². The molecule has 0 bridgehead atoms. The third-order valence-corrected chi connectivity index (χ3v) is 15.8. The van der Waals surface area contributed by atoms with Crippen LogP contribution in [0.25, 0.3) is 55.6 Å². The SMILES string of the molecule is CC.CC.CC.CC.CC.CCCCCCc1cc(-c2ccc[nH]2)cs1.CCCCCCc1ncc(-c2ccc[nH]2)s1.CCCCCc1cc(-c2ccc[nH]2)cs1.Cc1cc(-c2ccc[nH]2)cs1.c1c[nH]c(-c2ccsc2)c1. The van der Waals surface area contributed by atoms with Gasteiger partial charge in [-0.05, 0) is 136 Å². The number of aromatic amines is 5. The van der Waals surface area contributed by atoms with Gasteiger partial charge in [-0.3, -0.25) is 0 Å². The molecule has 0 amide bonds. The molecule has 0 aliphatic rings. The normalized spacial score (nSPS) is 9.62. The van der Waals surface area contributed by atoms with Gasteiger partial charge in [0.1, 0.15) is 0 Å². The van der Waals surface area contributed by atoms with Crippen molar-refractivity contribution in [2.75, 3.05) is 0 Å². The first-order valence-corrected chi connectivity index (χ1v) is 33.8. The summed E-state index contributed by atoms with van der Waals surface area (Å²) in [5.41, 5.74) is 11.3. The lowest BCUT2D eigenvalue weighted by molar-refractivity contribution is 0.665. The monoisotopic (exact) mass is 1150 g/mol. The fraction of sp³-hybridized carbons (Fsp3) is 0.418. The van der Waals surface area contributed by atoms with Crippen LogP contribution < -0.4 is 0 Å².